The smallest absolute Gasteiger partial charge is 0.264 e. The van der Waals surface area contributed by atoms with Gasteiger partial charge < -0.3 is 10.1 Å². The van der Waals surface area contributed by atoms with Crippen molar-refractivity contribution in [1.82, 2.24) is 5.32 Å². The molecule has 0 bridgehead atoms. The summed E-state index contributed by atoms with van der Waals surface area (Å²) in [6, 6.07) is 9.51. The third-order valence-electron chi connectivity index (χ3n) is 2.66. The van der Waals surface area contributed by atoms with Crippen molar-refractivity contribution in [1.29, 1.82) is 0 Å². The second kappa shape index (κ2) is 4.06. The molecule has 2 rings (SSSR count). The summed E-state index contributed by atoms with van der Waals surface area (Å²) in [6.07, 6.45) is 1.59. The van der Waals surface area contributed by atoms with Crippen LogP contribution in [0.25, 0.3) is 0 Å². The van der Waals surface area contributed by atoms with Gasteiger partial charge in [-0.15, -0.1) is 0 Å². The maximum absolute atomic E-state index is 12.1. The molecule has 3 nitrogen and oxygen atoms in total. The molecule has 0 aliphatic heterocycles. The normalized spacial score (nSPS) is 17.4. The van der Waals surface area contributed by atoms with E-state index in [1.54, 1.807) is 0 Å². The van der Waals surface area contributed by atoms with Crippen molar-refractivity contribution in [2.24, 2.45) is 0 Å². The first kappa shape index (κ1) is 12.0. The van der Waals surface area contributed by atoms with E-state index in [2.05, 4.69) is 5.32 Å². The van der Waals surface area contributed by atoms with Gasteiger partial charge >= 0.3 is 0 Å². The Morgan fingerprint density at radius 3 is 2.29 bits per heavy atom. The average Bonchev–Trinajstić information content (AvgIpc) is 2.98. The molecule has 3 heteroatoms. The van der Waals surface area contributed by atoms with Crippen molar-refractivity contribution in [2.45, 2.75) is 44.8 Å². The van der Waals surface area contributed by atoms with Gasteiger partial charge in [-0.25, -0.2) is 0 Å². The van der Waals surface area contributed by atoms with Gasteiger partial charge in [0, 0.05) is 18.4 Å². The molecule has 0 spiro atoms. The van der Waals surface area contributed by atoms with Crippen LogP contribution in [0, 0.1) is 0 Å². The van der Waals surface area contributed by atoms with E-state index < -0.39 is 5.60 Å². The van der Waals surface area contributed by atoms with E-state index in [1.165, 1.54) is 0 Å². The second-order valence-electron chi connectivity index (χ2n) is 5.61. The Morgan fingerprint density at radius 1 is 1.24 bits per heavy atom. The van der Waals surface area contributed by atoms with Crippen LogP contribution in [-0.4, -0.2) is 17.0 Å². The zero-order chi connectivity index (χ0) is 12.5. The molecule has 1 aromatic rings. The highest BCUT2D eigenvalue weighted by Gasteiger charge is 2.53. The molecule has 0 atom stereocenters. The molecule has 17 heavy (non-hydrogen) atoms. The fraction of sp³-hybridized carbons (Fsp3) is 0.500. The fourth-order valence-corrected chi connectivity index (χ4v) is 1.66. The van der Waals surface area contributed by atoms with Crippen molar-refractivity contribution in [3.63, 3.8) is 0 Å². The Morgan fingerprint density at radius 2 is 1.82 bits per heavy atom. The predicted octanol–water partition coefficient (Wildman–Crippen LogP) is 2.51. The Labute approximate surface area is 102 Å². The number of carbonyl (C=O) groups excluding carboxylic acids is 1. The van der Waals surface area contributed by atoms with E-state index in [1.807, 2.05) is 51.1 Å². The van der Waals surface area contributed by atoms with Crippen LogP contribution in [0.5, 0.6) is 5.75 Å². The molecular formula is C14H19NO2. The van der Waals surface area contributed by atoms with Crippen LogP contribution >= 0.6 is 0 Å². The number of nitrogens with one attached hydrogen (secondary N) is 1. The van der Waals surface area contributed by atoms with Gasteiger partial charge in [-0.1, -0.05) is 18.2 Å². The lowest BCUT2D eigenvalue weighted by molar-refractivity contribution is -0.131. The molecule has 1 fully saturated rings. The van der Waals surface area contributed by atoms with Gasteiger partial charge in [-0.2, -0.15) is 0 Å². The highest BCUT2D eigenvalue weighted by atomic mass is 16.5. The van der Waals surface area contributed by atoms with Gasteiger partial charge in [0.25, 0.3) is 5.91 Å². The lowest BCUT2D eigenvalue weighted by Gasteiger charge is -2.25. The molecule has 1 aliphatic rings. The summed E-state index contributed by atoms with van der Waals surface area (Å²) < 4.78 is 5.81. The quantitative estimate of drug-likeness (QED) is 0.871. The van der Waals surface area contributed by atoms with Crippen molar-refractivity contribution >= 4 is 5.91 Å². The molecular weight excluding hydrogens is 214 g/mol. The highest BCUT2D eigenvalue weighted by Crippen LogP contribution is 2.40. The summed E-state index contributed by atoms with van der Waals surface area (Å²) in [5, 5.41) is 2.98. The first-order valence-electron chi connectivity index (χ1n) is 5.98. The van der Waals surface area contributed by atoms with Gasteiger partial charge in [0.2, 0.25) is 0 Å². The third-order valence-corrected chi connectivity index (χ3v) is 2.66. The third kappa shape index (κ3) is 2.99. The molecule has 1 aliphatic carbocycles. The van der Waals surface area contributed by atoms with Crippen LogP contribution in [0.4, 0.5) is 0 Å². The summed E-state index contributed by atoms with van der Waals surface area (Å²) in [5.74, 6) is 0.753. The zero-order valence-corrected chi connectivity index (χ0v) is 10.6. The number of hydrogen-bond donors (Lipinski definition) is 1. The van der Waals surface area contributed by atoms with Crippen molar-refractivity contribution in [3.05, 3.63) is 30.3 Å². The number of amides is 1. The van der Waals surface area contributed by atoms with Gasteiger partial charge in [0.1, 0.15) is 5.75 Å². The first-order valence-corrected chi connectivity index (χ1v) is 5.98. The van der Waals surface area contributed by atoms with Crippen LogP contribution < -0.4 is 10.1 Å². The first-order chi connectivity index (χ1) is 7.91. The molecule has 1 aromatic carbocycles. The van der Waals surface area contributed by atoms with Gasteiger partial charge in [-0.05, 0) is 32.9 Å². The van der Waals surface area contributed by atoms with Crippen molar-refractivity contribution in [2.75, 3.05) is 0 Å². The Bertz CT molecular complexity index is 402. The molecule has 0 radical (unpaired) electrons. The number of ether oxygens (including phenoxy) is 1. The molecule has 0 aromatic heterocycles. The topological polar surface area (TPSA) is 38.3 Å². The molecule has 1 saturated carbocycles. The molecule has 0 saturated heterocycles. The van der Waals surface area contributed by atoms with E-state index in [0.29, 0.717) is 0 Å². The molecule has 1 N–H and O–H groups in total. The second-order valence-corrected chi connectivity index (χ2v) is 5.61. The summed E-state index contributed by atoms with van der Waals surface area (Å²) in [5.41, 5.74) is -0.846. The molecule has 0 heterocycles. The van der Waals surface area contributed by atoms with E-state index in [4.69, 9.17) is 4.74 Å². The minimum atomic E-state index is -0.630. The zero-order valence-electron chi connectivity index (χ0n) is 10.6. The van der Waals surface area contributed by atoms with Crippen LogP contribution in [-0.2, 0) is 4.79 Å². The summed E-state index contributed by atoms with van der Waals surface area (Å²) in [6.45, 7) is 5.93. The highest BCUT2D eigenvalue weighted by molar-refractivity contribution is 5.89. The number of hydrogen-bond acceptors (Lipinski definition) is 2. The Balaban J connectivity index is 2.03. The lowest BCUT2D eigenvalue weighted by atomic mass is 10.1. The number of carbonyl (C=O) groups is 1. The molecule has 1 amide bonds. The summed E-state index contributed by atoms with van der Waals surface area (Å²) >= 11 is 0. The lowest BCUT2D eigenvalue weighted by Crippen LogP contribution is -2.49. The van der Waals surface area contributed by atoms with E-state index >= 15 is 0 Å². The Hall–Kier alpha value is -1.51. The SMILES string of the molecule is CC(C)(C)NC(=O)C1(Oc2ccccc2)CC1. The summed E-state index contributed by atoms with van der Waals surface area (Å²) in [4.78, 5) is 12.1. The minimum Gasteiger partial charge on any atom is -0.477 e. The van der Waals surface area contributed by atoms with Crippen molar-refractivity contribution in [3.8, 4) is 5.75 Å². The Kier molecular flexibility index (Phi) is 2.86. The van der Waals surface area contributed by atoms with Crippen LogP contribution in [0.3, 0.4) is 0 Å². The number of benzene rings is 1. The van der Waals surface area contributed by atoms with Gasteiger partial charge in [0.15, 0.2) is 5.60 Å². The monoisotopic (exact) mass is 233 g/mol. The summed E-state index contributed by atoms with van der Waals surface area (Å²) in [7, 11) is 0. The van der Waals surface area contributed by atoms with Gasteiger partial charge in [-0.3, -0.25) is 4.79 Å². The number of rotatable bonds is 3. The predicted molar refractivity (Wildman–Crippen MR) is 66.9 cm³/mol. The maximum Gasteiger partial charge on any atom is 0.264 e. The van der Waals surface area contributed by atoms with Crippen LogP contribution in [0.2, 0.25) is 0 Å². The molecule has 92 valence electrons. The van der Waals surface area contributed by atoms with E-state index in [0.717, 1.165) is 18.6 Å². The van der Waals surface area contributed by atoms with Crippen molar-refractivity contribution < 1.29 is 9.53 Å². The average molecular weight is 233 g/mol. The fourth-order valence-electron chi connectivity index (χ4n) is 1.66. The van der Waals surface area contributed by atoms with Crippen LogP contribution in [0.1, 0.15) is 33.6 Å². The van der Waals surface area contributed by atoms with Gasteiger partial charge in [0.05, 0.1) is 0 Å². The van der Waals surface area contributed by atoms with E-state index in [-0.39, 0.29) is 11.4 Å². The number of para-hydroxylation sites is 1. The molecule has 0 unspecified atom stereocenters. The standard InChI is InChI=1S/C14H19NO2/c1-13(2,3)15-12(16)14(9-10-14)17-11-7-5-4-6-8-11/h4-8H,9-10H2,1-3H3,(H,15,16). The maximum atomic E-state index is 12.1. The van der Waals surface area contributed by atoms with Crippen LogP contribution in [0.15, 0.2) is 30.3 Å². The largest absolute Gasteiger partial charge is 0.477 e. The van der Waals surface area contributed by atoms with E-state index in [9.17, 15) is 4.79 Å². The minimum absolute atomic E-state index is 0.00569.